The molecule has 5 heteroatoms. The Balaban J connectivity index is 1.77. The van der Waals surface area contributed by atoms with Crippen LogP contribution in [0.15, 0.2) is 47.5 Å². The Bertz CT molecular complexity index is 860. The summed E-state index contributed by atoms with van der Waals surface area (Å²) in [6, 6.07) is 14.8. The number of rotatable bonds is 0. The van der Waals surface area contributed by atoms with E-state index in [4.69, 9.17) is 9.73 Å². The molecule has 2 aliphatic heterocycles. The number of nitrogens with one attached hydrogen (secondary N) is 1. The number of carbonyl (C=O) groups excluding carboxylic acids is 1. The number of benzene rings is 2. The number of amides is 1. The number of hydrogen-bond acceptors (Lipinski definition) is 4. The SMILES string of the molecule is CN1CCCNC(=O)OCc2cccc(c2)C2=NCCc3ccc1cc32. The number of anilines is 1. The number of aliphatic imine (C=N–C) groups is 1. The maximum absolute atomic E-state index is 11.9. The van der Waals surface area contributed by atoms with Crippen molar-refractivity contribution in [1.29, 1.82) is 0 Å². The summed E-state index contributed by atoms with van der Waals surface area (Å²) in [5.41, 5.74) is 6.80. The molecule has 5 nitrogen and oxygen atoms in total. The molecular weight excluding hydrogens is 326 g/mol. The largest absolute Gasteiger partial charge is 0.445 e. The number of hydrogen-bond donors (Lipinski definition) is 1. The minimum absolute atomic E-state index is 0.264. The fourth-order valence-corrected chi connectivity index (χ4v) is 3.50. The van der Waals surface area contributed by atoms with Crippen molar-refractivity contribution < 1.29 is 9.53 Å². The molecule has 1 amide bonds. The second kappa shape index (κ2) is 7.20. The molecule has 2 heterocycles. The number of alkyl carbamates (subject to hydrolysis) is 1. The van der Waals surface area contributed by atoms with E-state index in [0.29, 0.717) is 6.54 Å². The van der Waals surface area contributed by atoms with Gasteiger partial charge in [0.05, 0.1) is 5.71 Å². The number of fused-ring (bicyclic) bond motifs is 4. The van der Waals surface area contributed by atoms with Gasteiger partial charge in [-0.3, -0.25) is 4.99 Å². The van der Waals surface area contributed by atoms with Crippen molar-refractivity contribution in [2.45, 2.75) is 19.4 Å². The lowest BCUT2D eigenvalue weighted by atomic mass is 9.92. The smallest absolute Gasteiger partial charge is 0.407 e. The molecule has 2 aromatic carbocycles. The lowest BCUT2D eigenvalue weighted by Gasteiger charge is -2.23. The third kappa shape index (κ3) is 3.43. The van der Waals surface area contributed by atoms with Gasteiger partial charge in [-0.05, 0) is 42.2 Å². The zero-order valence-corrected chi connectivity index (χ0v) is 15.0. The zero-order valence-electron chi connectivity index (χ0n) is 15.0. The van der Waals surface area contributed by atoms with E-state index in [2.05, 4.69) is 47.6 Å². The maximum Gasteiger partial charge on any atom is 0.407 e. The van der Waals surface area contributed by atoms with Gasteiger partial charge in [-0.2, -0.15) is 0 Å². The van der Waals surface area contributed by atoms with Gasteiger partial charge in [0, 0.05) is 43.5 Å². The monoisotopic (exact) mass is 349 g/mol. The van der Waals surface area contributed by atoms with Crippen molar-refractivity contribution in [1.82, 2.24) is 5.32 Å². The summed E-state index contributed by atoms with van der Waals surface area (Å²) in [6.45, 7) is 2.53. The minimum atomic E-state index is -0.370. The molecule has 26 heavy (non-hydrogen) atoms. The van der Waals surface area contributed by atoms with E-state index in [1.807, 2.05) is 12.1 Å². The molecule has 0 radical (unpaired) electrons. The normalized spacial score (nSPS) is 17.3. The zero-order chi connectivity index (χ0) is 17.9. The fraction of sp³-hybridized carbons (Fsp3) is 0.333. The lowest BCUT2D eigenvalue weighted by Crippen LogP contribution is -2.28. The van der Waals surface area contributed by atoms with Crippen molar-refractivity contribution in [3.63, 3.8) is 0 Å². The average Bonchev–Trinajstić information content (AvgIpc) is 2.68. The van der Waals surface area contributed by atoms with Crippen molar-refractivity contribution in [2.24, 2.45) is 4.99 Å². The summed E-state index contributed by atoms with van der Waals surface area (Å²) in [4.78, 5) is 18.9. The van der Waals surface area contributed by atoms with Gasteiger partial charge in [-0.25, -0.2) is 4.79 Å². The molecule has 0 aliphatic carbocycles. The fourth-order valence-electron chi connectivity index (χ4n) is 3.50. The first-order valence-electron chi connectivity index (χ1n) is 9.09. The van der Waals surface area contributed by atoms with Gasteiger partial charge in [0.25, 0.3) is 0 Å². The number of cyclic esters (lactones) is 1. The van der Waals surface area contributed by atoms with Crippen LogP contribution in [0.5, 0.6) is 0 Å². The number of nitrogens with zero attached hydrogens (tertiary/aromatic N) is 2. The molecule has 0 spiro atoms. The van der Waals surface area contributed by atoms with E-state index in [1.54, 1.807) is 0 Å². The molecule has 4 rings (SSSR count). The first kappa shape index (κ1) is 16.6. The summed E-state index contributed by atoms with van der Waals surface area (Å²) in [5.74, 6) is 0. The standard InChI is InChI=1S/C21H23N3O2/c1-24-11-3-9-23-21(25)26-14-15-4-2-5-17(12-15)20-19-13-18(24)7-6-16(19)8-10-22-20/h2,4-7,12-13H,3,8-11,14H2,1H3,(H,23,25). The first-order valence-corrected chi connectivity index (χ1v) is 9.09. The van der Waals surface area contributed by atoms with Gasteiger partial charge < -0.3 is 15.0 Å². The molecule has 1 N–H and O–H groups in total. The van der Waals surface area contributed by atoms with Gasteiger partial charge >= 0.3 is 6.09 Å². The predicted octanol–water partition coefficient (Wildman–Crippen LogP) is 3.15. The van der Waals surface area contributed by atoms with Gasteiger partial charge in [0.1, 0.15) is 6.61 Å². The van der Waals surface area contributed by atoms with Gasteiger partial charge in [0.15, 0.2) is 0 Å². The number of carbonyl (C=O) groups is 1. The van der Waals surface area contributed by atoms with Crippen LogP contribution in [-0.2, 0) is 17.8 Å². The highest BCUT2D eigenvalue weighted by Gasteiger charge is 2.18. The average molecular weight is 349 g/mol. The third-order valence-electron chi connectivity index (χ3n) is 4.95. The molecule has 0 aromatic heterocycles. The van der Waals surface area contributed by atoms with Crippen LogP contribution < -0.4 is 10.2 Å². The Morgan fingerprint density at radius 1 is 1.19 bits per heavy atom. The molecule has 0 unspecified atom stereocenters. The summed E-state index contributed by atoms with van der Waals surface area (Å²) in [7, 11) is 2.08. The third-order valence-corrected chi connectivity index (χ3v) is 4.95. The van der Waals surface area contributed by atoms with Crippen LogP contribution in [0.4, 0.5) is 10.5 Å². The van der Waals surface area contributed by atoms with E-state index < -0.39 is 0 Å². The Labute approximate surface area is 153 Å². The van der Waals surface area contributed by atoms with Gasteiger partial charge in [0.2, 0.25) is 0 Å². The molecule has 0 saturated heterocycles. The number of ether oxygens (including phenoxy) is 1. The second-order valence-corrected chi connectivity index (χ2v) is 6.80. The highest BCUT2D eigenvalue weighted by molar-refractivity contribution is 6.14. The first-order chi connectivity index (χ1) is 12.7. The molecule has 0 fully saturated rings. The van der Waals surface area contributed by atoms with E-state index in [0.717, 1.165) is 42.8 Å². The van der Waals surface area contributed by atoms with Crippen LogP contribution in [0.1, 0.15) is 28.7 Å². The summed E-state index contributed by atoms with van der Waals surface area (Å²) < 4.78 is 5.33. The molecule has 4 bridgehead atoms. The molecule has 0 atom stereocenters. The Hall–Kier alpha value is -2.82. The maximum atomic E-state index is 11.9. The summed E-state index contributed by atoms with van der Waals surface area (Å²) >= 11 is 0. The highest BCUT2D eigenvalue weighted by atomic mass is 16.5. The lowest BCUT2D eigenvalue weighted by molar-refractivity contribution is 0.139. The van der Waals surface area contributed by atoms with Crippen molar-refractivity contribution >= 4 is 17.5 Å². The van der Waals surface area contributed by atoms with E-state index in [-0.39, 0.29) is 12.7 Å². The highest BCUT2D eigenvalue weighted by Crippen LogP contribution is 2.26. The van der Waals surface area contributed by atoms with E-state index in [1.165, 1.54) is 16.8 Å². The topological polar surface area (TPSA) is 53.9 Å². The predicted molar refractivity (Wildman–Crippen MR) is 103 cm³/mol. The van der Waals surface area contributed by atoms with Crippen molar-refractivity contribution in [2.75, 3.05) is 31.6 Å². The molecular formula is C21H23N3O2. The van der Waals surface area contributed by atoms with Crippen LogP contribution in [0, 0.1) is 0 Å². The molecule has 2 aliphatic rings. The van der Waals surface area contributed by atoms with Gasteiger partial charge in [-0.1, -0.05) is 24.3 Å². The Morgan fingerprint density at radius 3 is 3.04 bits per heavy atom. The summed E-state index contributed by atoms with van der Waals surface area (Å²) in [6.07, 6.45) is 1.47. The van der Waals surface area contributed by atoms with Crippen LogP contribution in [-0.4, -0.2) is 38.5 Å². The van der Waals surface area contributed by atoms with E-state index in [9.17, 15) is 4.79 Å². The van der Waals surface area contributed by atoms with E-state index >= 15 is 0 Å². The van der Waals surface area contributed by atoms with Crippen LogP contribution in [0.25, 0.3) is 0 Å². The minimum Gasteiger partial charge on any atom is -0.445 e. The summed E-state index contributed by atoms with van der Waals surface area (Å²) in [5, 5.41) is 2.81. The molecule has 0 saturated carbocycles. The Morgan fingerprint density at radius 2 is 2.12 bits per heavy atom. The molecule has 2 aromatic rings. The van der Waals surface area contributed by atoms with Crippen molar-refractivity contribution in [3.05, 3.63) is 64.7 Å². The van der Waals surface area contributed by atoms with Crippen molar-refractivity contribution in [3.8, 4) is 0 Å². The Kier molecular flexibility index (Phi) is 4.61. The quantitative estimate of drug-likeness (QED) is 0.795. The van der Waals surface area contributed by atoms with Crippen LogP contribution in [0.2, 0.25) is 0 Å². The van der Waals surface area contributed by atoms with Gasteiger partial charge in [-0.15, -0.1) is 0 Å². The van der Waals surface area contributed by atoms with Crippen LogP contribution in [0.3, 0.4) is 0 Å². The molecule has 134 valence electrons. The van der Waals surface area contributed by atoms with Crippen LogP contribution >= 0.6 is 0 Å². The second-order valence-electron chi connectivity index (χ2n) is 6.80.